The topological polar surface area (TPSA) is 55.4 Å². The van der Waals surface area contributed by atoms with Gasteiger partial charge in [0.15, 0.2) is 0 Å². The van der Waals surface area contributed by atoms with Gasteiger partial charge in [0.05, 0.1) is 12.7 Å². The molecule has 1 aromatic carbocycles. The number of esters is 1. The number of amides is 1. The first-order valence-electron chi connectivity index (χ1n) is 7.15. The van der Waals surface area contributed by atoms with Gasteiger partial charge in [0.2, 0.25) is 5.91 Å². The molecule has 122 valence electrons. The third-order valence-corrected chi connectivity index (χ3v) is 4.70. The first-order valence-corrected chi connectivity index (χ1v) is 7.96. The fourth-order valence-electron chi connectivity index (χ4n) is 2.16. The number of aryl methyl sites for hydroxylation is 2. The number of nitrogens with one attached hydrogen (secondary N) is 1. The minimum atomic E-state index is -0.458. The predicted octanol–water partition coefficient (Wildman–Crippen LogP) is 3.86. The van der Waals surface area contributed by atoms with Crippen molar-refractivity contribution in [2.45, 2.75) is 26.7 Å². The molecule has 0 radical (unpaired) electrons. The number of hydrogen-bond donors (Lipinski definition) is 1. The molecule has 4 nitrogen and oxygen atoms in total. The second-order valence-corrected chi connectivity index (χ2v) is 6.38. The van der Waals surface area contributed by atoms with Crippen LogP contribution in [0, 0.1) is 19.7 Å². The molecule has 0 saturated carbocycles. The lowest BCUT2D eigenvalue weighted by atomic mass is 10.1. The summed E-state index contributed by atoms with van der Waals surface area (Å²) in [4.78, 5) is 24.9. The Morgan fingerprint density at radius 2 is 1.87 bits per heavy atom. The van der Waals surface area contributed by atoms with Crippen LogP contribution < -0.4 is 5.32 Å². The van der Waals surface area contributed by atoms with Gasteiger partial charge in [-0.15, -0.1) is 11.3 Å². The molecule has 0 aliphatic carbocycles. The number of rotatable bonds is 5. The second-order valence-electron chi connectivity index (χ2n) is 5.15. The summed E-state index contributed by atoms with van der Waals surface area (Å²) < 4.78 is 17.6. The first-order chi connectivity index (χ1) is 10.9. The molecule has 0 aliphatic rings. The van der Waals surface area contributed by atoms with Gasteiger partial charge in [-0.1, -0.05) is 12.1 Å². The van der Waals surface area contributed by atoms with Gasteiger partial charge in [-0.2, -0.15) is 0 Å². The Hall–Kier alpha value is -2.21. The van der Waals surface area contributed by atoms with Gasteiger partial charge in [0.25, 0.3) is 0 Å². The summed E-state index contributed by atoms with van der Waals surface area (Å²) >= 11 is 1.35. The van der Waals surface area contributed by atoms with E-state index in [-0.39, 0.29) is 18.1 Å². The molecule has 1 N–H and O–H groups in total. The van der Waals surface area contributed by atoms with E-state index in [0.29, 0.717) is 17.0 Å². The van der Waals surface area contributed by atoms with Crippen molar-refractivity contribution in [2.75, 3.05) is 12.4 Å². The van der Waals surface area contributed by atoms with Gasteiger partial charge in [0, 0.05) is 11.3 Å². The van der Waals surface area contributed by atoms with E-state index in [9.17, 15) is 14.0 Å². The Morgan fingerprint density at radius 3 is 2.48 bits per heavy atom. The molecule has 0 saturated heterocycles. The van der Waals surface area contributed by atoms with Crippen LogP contribution in [0.3, 0.4) is 0 Å². The van der Waals surface area contributed by atoms with Crippen LogP contribution in [-0.4, -0.2) is 19.0 Å². The highest BCUT2D eigenvalue weighted by atomic mass is 32.1. The zero-order valence-corrected chi connectivity index (χ0v) is 14.1. The van der Waals surface area contributed by atoms with Gasteiger partial charge in [-0.05, 0) is 43.5 Å². The molecular formula is C17H18FNO3S. The number of ether oxygens (including phenoxy) is 1. The van der Waals surface area contributed by atoms with Crippen LogP contribution in [-0.2, 0) is 16.0 Å². The van der Waals surface area contributed by atoms with E-state index in [1.165, 1.54) is 30.6 Å². The van der Waals surface area contributed by atoms with Crippen molar-refractivity contribution in [2.24, 2.45) is 0 Å². The number of anilines is 1. The van der Waals surface area contributed by atoms with Crippen molar-refractivity contribution < 1.29 is 18.7 Å². The molecule has 2 aromatic rings. The summed E-state index contributed by atoms with van der Waals surface area (Å²) in [5, 5.41) is 3.28. The van der Waals surface area contributed by atoms with Crippen molar-refractivity contribution >= 4 is 28.2 Å². The molecule has 0 unspecified atom stereocenters. The molecule has 0 bridgehead atoms. The molecule has 0 atom stereocenters. The van der Waals surface area contributed by atoms with Crippen LogP contribution in [0.4, 0.5) is 9.39 Å². The van der Waals surface area contributed by atoms with E-state index in [1.54, 1.807) is 12.1 Å². The van der Waals surface area contributed by atoms with E-state index in [0.717, 1.165) is 16.0 Å². The number of methoxy groups -OCH3 is 1. The number of thiophene rings is 1. The van der Waals surface area contributed by atoms with Crippen molar-refractivity contribution in [1.29, 1.82) is 0 Å². The highest BCUT2D eigenvalue weighted by Gasteiger charge is 2.21. The number of carbonyl (C=O) groups excluding carboxylic acids is 2. The zero-order valence-electron chi connectivity index (χ0n) is 13.2. The Labute approximate surface area is 138 Å². The average molecular weight is 335 g/mol. The molecule has 0 spiro atoms. The van der Waals surface area contributed by atoms with Crippen LogP contribution in [0.2, 0.25) is 0 Å². The highest BCUT2D eigenvalue weighted by Crippen LogP contribution is 2.33. The Balaban J connectivity index is 2.04. The fraction of sp³-hybridized carbons (Fsp3) is 0.294. The minimum absolute atomic E-state index is 0.194. The Morgan fingerprint density at radius 1 is 1.22 bits per heavy atom. The van der Waals surface area contributed by atoms with Gasteiger partial charge < -0.3 is 10.1 Å². The molecule has 2 rings (SSSR count). The van der Waals surface area contributed by atoms with Crippen LogP contribution in [0.25, 0.3) is 0 Å². The van der Waals surface area contributed by atoms with E-state index in [1.807, 2.05) is 13.8 Å². The SMILES string of the molecule is COC(=O)c1c(NC(=O)CCc2ccc(F)cc2)sc(C)c1C. The maximum atomic E-state index is 12.8. The third kappa shape index (κ3) is 4.16. The number of carbonyl (C=O) groups is 2. The van der Waals surface area contributed by atoms with E-state index in [2.05, 4.69) is 5.32 Å². The third-order valence-electron chi connectivity index (χ3n) is 3.58. The molecule has 23 heavy (non-hydrogen) atoms. The van der Waals surface area contributed by atoms with E-state index < -0.39 is 5.97 Å². The summed E-state index contributed by atoms with van der Waals surface area (Å²) in [6, 6.07) is 6.05. The molecule has 0 fully saturated rings. The van der Waals surface area contributed by atoms with Crippen molar-refractivity contribution in [3.05, 3.63) is 51.7 Å². The number of hydrogen-bond acceptors (Lipinski definition) is 4. The monoisotopic (exact) mass is 335 g/mol. The Bertz CT molecular complexity index is 722. The summed E-state index contributed by atoms with van der Waals surface area (Å²) in [5.74, 6) is -0.952. The summed E-state index contributed by atoms with van der Waals surface area (Å²) in [6.07, 6.45) is 0.755. The van der Waals surface area contributed by atoms with E-state index >= 15 is 0 Å². The summed E-state index contributed by atoms with van der Waals surface area (Å²) in [6.45, 7) is 3.72. The molecule has 1 amide bonds. The molecule has 6 heteroatoms. The van der Waals surface area contributed by atoms with Crippen molar-refractivity contribution in [3.8, 4) is 0 Å². The Kier molecular flexibility index (Phi) is 5.50. The minimum Gasteiger partial charge on any atom is -0.465 e. The standard InChI is InChI=1S/C17H18FNO3S/c1-10-11(2)23-16(15(10)17(21)22-3)19-14(20)9-6-12-4-7-13(18)8-5-12/h4-5,7-8H,6,9H2,1-3H3,(H,19,20). The average Bonchev–Trinajstić information content (AvgIpc) is 2.80. The zero-order chi connectivity index (χ0) is 17.0. The van der Waals surface area contributed by atoms with Gasteiger partial charge >= 0.3 is 5.97 Å². The number of benzene rings is 1. The molecule has 0 aliphatic heterocycles. The lowest BCUT2D eigenvalue weighted by Gasteiger charge is -2.06. The maximum Gasteiger partial charge on any atom is 0.341 e. The van der Waals surface area contributed by atoms with E-state index in [4.69, 9.17) is 4.74 Å². The maximum absolute atomic E-state index is 12.8. The predicted molar refractivity (Wildman–Crippen MR) is 88.5 cm³/mol. The molecule has 1 aromatic heterocycles. The van der Waals surface area contributed by atoms with Gasteiger partial charge in [0.1, 0.15) is 10.8 Å². The van der Waals surface area contributed by atoms with Crippen LogP contribution >= 0.6 is 11.3 Å². The lowest BCUT2D eigenvalue weighted by Crippen LogP contribution is -2.14. The van der Waals surface area contributed by atoms with Crippen LogP contribution in [0.15, 0.2) is 24.3 Å². The fourth-order valence-corrected chi connectivity index (χ4v) is 3.23. The van der Waals surface area contributed by atoms with Crippen molar-refractivity contribution in [3.63, 3.8) is 0 Å². The quantitative estimate of drug-likeness (QED) is 0.844. The summed E-state index contributed by atoms with van der Waals surface area (Å²) in [5.41, 5.74) is 2.11. The number of halogens is 1. The first kappa shape index (κ1) is 17.1. The van der Waals surface area contributed by atoms with Crippen molar-refractivity contribution in [1.82, 2.24) is 0 Å². The molecule has 1 heterocycles. The normalized spacial score (nSPS) is 10.4. The van der Waals surface area contributed by atoms with Crippen LogP contribution in [0.5, 0.6) is 0 Å². The highest BCUT2D eigenvalue weighted by molar-refractivity contribution is 7.16. The lowest BCUT2D eigenvalue weighted by molar-refractivity contribution is -0.116. The largest absolute Gasteiger partial charge is 0.465 e. The van der Waals surface area contributed by atoms with Gasteiger partial charge in [-0.25, -0.2) is 9.18 Å². The molecular weight excluding hydrogens is 317 g/mol. The van der Waals surface area contributed by atoms with Gasteiger partial charge in [-0.3, -0.25) is 4.79 Å². The summed E-state index contributed by atoms with van der Waals surface area (Å²) in [7, 11) is 1.31. The smallest absolute Gasteiger partial charge is 0.341 e. The van der Waals surface area contributed by atoms with Crippen LogP contribution in [0.1, 0.15) is 32.8 Å². The second kappa shape index (κ2) is 7.37.